The zero-order valence-electron chi connectivity index (χ0n) is 11.2. The van der Waals surface area contributed by atoms with Crippen LogP contribution in [0.1, 0.15) is 19.8 Å². The first-order chi connectivity index (χ1) is 8.67. The van der Waals surface area contributed by atoms with Crippen molar-refractivity contribution in [2.75, 3.05) is 46.4 Å². The first-order valence-electron chi connectivity index (χ1n) is 6.38. The molecule has 0 bridgehead atoms. The van der Waals surface area contributed by atoms with Crippen LogP contribution >= 0.6 is 0 Å². The summed E-state index contributed by atoms with van der Waals surface area (Å²) in [7, 11) is 1.38. The summed E-state index contributed by atoms with van der Waals surface area (Å²) in [6.07, 6.45) is 1.66. The molecule has 0 aromatic heterocycles. The number of esters is 1. The number of piperazine rings is 1. The predicted octanol–water partition coefficient (Wildman–Crippen LogP) is 0.714. The number of hydrogen-bond acceptors (Lipinski definition) is 5. The van der Waals surface area contributed by atoms with E-state index in [-0.39, 0.29) is 18.6 Å². The Bertz CT molecular complexity index is 275. The fourth-order valence-electron chi connectivity index (χ4n) is 1.73. The van der Waals surface area contributed by atoms with Gasteiger partial charge in [0.2, 0.25) is 0 Å². The number of unbranched alkanes of at least 4 members (excludes halogenated alkanes) is 1. The van der Waals surface area contributed by atoms with E-state index in [2.05, 4.69) is 11.7 Å². The fraction of sp³-hybridized carbons (Fsp3) is 0.833. The molecule has 0 atom stereocenters. The molecule has 0 N–H and O–H groups in total. The van der Waals surface area contributed by atoms with E-state index in [4.69, 9.17) is 4.74 Å². The highest BCUT2D eigenvalue weighted by Crippen LogP contribution is 2.04. The number of carbonyl (C=O) groups is 2. The van der Waals surface area contributed by atoms with Gasteiger partial charge in [-0.15, -0.1) is 0 Å². The van der Waals surface area contributed by atoms with Crippen LogP contribution in [0, 0.1) is 0 Å². The Morgan fingerprint density at radius 2 is 1.83 bits per heavy atom. The van der Waals surface area contributed by atoms with Crippen molar-refractivity contribution in [3.63, 3.8) is 0 Å². The van der Waals surface area contributed by atoms with Crippen LogP contribution in [0.5, 0.6) is 0 Å². The van der Waals surface area contributed by atoms with E-state index in [0.717, 1.165) is 12.8 Å². The summed E-state index contributed by atoms with van der Waals surface area (Å²) in [6, 6.07) is 0. The molecule has 0 aromatic carbocycles. The van der Waals surface area contributed by atoms with Crippen LogP contribution < -0.4 is 0 Å². The monoisotopic (exact) mass is 258 g/mol. The van der Waals surface area contributed by atoms with Crippen LogP contribution in [-0.4, -0.2) is 68.3 Å². The lowest BCUT2D eigenvalue weighted by molar-refractivity contribution is -0.142. The van der Waals surface area contributed by atoms with Gasteiger partial charge in [-0.2, -0.15) is 0 Å². The summed E-state index contributed by atoms with van der Waals surface area (Å²) in [4.78, 5) is 26.4. The van der Waals surface area contributed by atoms with Crippen molar-refractivity contribution in [3.05, 3.63) is 0 Å². The normalized spacial score (nSPS) is 16.4. The van der Waals surface area contributed by atoms with Crippen molar-refractivity contribution >= 4 is 12.1 Å². The number of amides is 1. The summed E-state index contributed by atoms with van der Waals surface area (Å²) in [6.45, 7) is 5.38. The summed E-state index contributed by atoms with van der Waals surface area (Å²) >= 11 is 0. The molecule has 1 rings (SSSR count). The quantitative estimate of drug-likeness (QED) is 0.537. The summed E-state index contributed by atoms with van der Waals surface area (Å²) < 4.78 is 9.74. The van der Waals surface area contributed by atoms with Gasteiger partial charge in [0.25, 0.3) is 0 Å². The van der Waals surface area contributed by atoms with Crippen LogP contribution in [0.25, 0.3) is 0 Å². The maximum absolute atomic E-state index is 11.7. The third kappa shape index (κ3) is 4.91. The number of hydrogen-bond donors (Lipinski definition) is 0. The Balaban J connectivity index is 2.22. The molecule has 6 nitrogen and oxygen atoms in total. The third-order valence-electron chi connectivity index (χ3n) is 2.93. The number of rotatable bonds is 5. The number of nitrogens with zero attached hydrogens (tertiary/aromatic N) is 2. The minimum Gasteiger partial charge on any atom is -0.468 e. The van der Waals surface area contributed by atoms with Crippen LogP contribution in [0.4, 0.5) is 4.79 Å². The molecule has 0 aliphatic carbocycles. The van der Waals surface area contributed by atoms with Gasteiger partial charge < -0.3 is 14.4 Å². The fourth-order valence-corrected chi connectivity index (χ4v) is 1.73. The Hall–Kier alpha value is -1.30. The topological polar surface area (TPSA) is 59.1 Å². The molecule has 1 aliphatic heterocycles. The maximum atomic E-state index is 11.7. The van der Waals surface area contributed by atoms with Gasteiger partial charge in [0.1, 0.15) is 0 Å². The van der Waals surface area contributed by atoms with Crippen molar-refractivity contribution in [2.24, 2.45) is 0 Å². The van der Waals surface area contributed by atoms with Gasteiger partial charge in [0.05, 0.1) is 20.3 Å². The molecule has 0 spiro atoms. The first-order valence-corrected chi connectivity index (χ1v) is 6.38. The Kier molecular flexibility index (Phi) is 6.49. The molecule has 0 saturated carbocycles. The zero-order valence-corrected chi connectivity index (χ0v) is 11.2. The molecule has 1 aliphatic rings. The zero-order chi connectivity index (χ0) is 13.4. The molecule has 6 heteroatoms. The van der Waals surface area contributed by atoms with Crippen molar-refractivity contribution < 1.29 is 19.1 Å². The van der Waals surface area contributed by atoms with Crippen molar-refractivity contribution in [3.8, 4) is 0 Å². The van der Waals surface area contributed by atoms with E-state index in [1.165, 1.54) is 7.11 Å². The summed E-state index contributed by atoms with van der Waals surface area (Å²) in [5.74, 6) is -0.242. The molecule has 0 aromatic rings. The molecular formula is C12H22N2O4. The van der Waals surface area contributed by atoms with E-state index in [1.807, 2.05) is 4.90 Å². The number of methoxy groups -OCH3 is 1. The second-order valence-electron chi connectivity index (χ2n) is 4.31. The molecule has 104 valence electrons. The van der Waals surface area contributed by atoms with Crippen LogP contribution in [0.15, 0.2) is 0 Å². The van der Waals surface area contributed by atoms with Crippen LogP contribution in [0.2, 0.25) is 0 Å². The Morgan fingerprint density at radius 3 is 2.39 bits per heavy atom. The van der Waals surface area contributed by atoms with Crippen molar-refractivity contribution in [1.29, 1.82) is 0 Å². The molecule has 0 radical (unpaired) electrons. The Morgan fingerprint density at radius 1 is 1.17 bits per heavy atom. The largest absolute Gasteiger partial charge is 0.468 e. The highest BCUT2D eigenvalue weighted by molar-refractivity contribution is 5.71. The van der Waals surface area contributed by atoms with Crippen LogP contribution in [0.3, 0.4) is 0 Å². The molecule has 1 saturated heterocycles. The lowest BCUT2D eigenvalue weighted by Crippen LogP contribution is -2.50. The molecule has 1 fully saturated rings. The molecular weight excluding hydrogens is 236 g/mol. The van der Waals surface area contributed by atoms with E-state index < -0.39 is 0 Å². The number of carbonyl (C=O) groups excluding carboxylic acids is 2. The third-order valence-corrected chi connectivity index (χ3v) is 2.93. The maximum Gasteiger partial charge on any atom is 0.409 e. The molecule has 18 heavy (non-hydrogen) atoms. The lowest BCUT2D eigenvalue weighted by Gasteiger charge is -2.33. The van der Waals surface area contributed by atoms with Crippen molar-refractivity contribution in [2.45, 2.75) is 19.8 Å². The second-order valence-corrected chi connectivity index (χ2v) is 4.31. The summed E-state index contributed by atoms with van der Waals surface area (Å²) in [5, 5.41) is 0. The van der Waals surface area contributed by atoms with Gasteiger partial charge >= 0.3 is 12.1 Å². The van der Waals surface area contributed by atoms with Crippen molar-refractivity contribution in [1.82, 2.24) is 9.80 Å². The van der Waals surface area contributed by atoms with Gasteiger partial charge in [-0.1, -0.05) is 13.3 Å². The molecule has 0 unspecified atom stereocenters. The second kappa shape index (κ2) is 7.92. The van der Waals surface area contributed by atoms with E-state index in [1.54, 1.807) is 4.90 Å². The van der Waals surface area contributed by atoms with Crippen LogP contribution in [-0.2, 0) is 14.3 Å². The standard InChI is InChI=1S/C12H22N2O4/c1-3-4-9-18-12(16)14-7-5-13(6-8-14)10-11(15)17-2/h3-10H2,1-2H3. The number of ether oxygens (including phenoxy) is 2. The minimum atomic E-state index is -0.249. The average molecular weight is 258 g/mol. The average Bonchev–Trinajstić information content (AvgIpc) is 2.39. The molecule has 1 amide bonds. The highest BCUT2D eigenvalue weighted by Gasteiger charge is 2.23. The molecule has 1 heterocycles. The smallest absolute Gasteiger partial charge is 0.409 e. The van der Waals surface area contributed by atoms with E-state index >= 15 is 0 Å². The first kappa shape index (κ1) is 14.8. The Labute approximate surface area is 108 Å². The van der Waals surface area contributed by atoms with Gasteiger partial charge in [-0.25, -0.2) is 4.79 Å². The summed E-state index contributed by atoms with van der Waals surface area (Å²) in [5.41, 5.74) is 0. The van der Waals surface area contributed by atoms with Gasteiger partial charge in [0, 0.05) is 26.2 Å². The predicted molar refractivity (Wildman–Crippen MR) is 66.3 cm³/mol. The van der Waals surface area contributed by atoms with Gasteiger partial charge in [-0.3, -0.25) is 9.69 Å². The minimum absolute atomic E-state index is 0.242. The van der Waals surface area contributed by atoms with E-state index in [0.29, 0.717) is 32.8 Å². The van der Waals surface area contributed by atoms with Gasteiger partial charge in [0.15, 0.2) is 0 Å². The van der Waals surface area contributed by atoms with E-state index in [9.17, 15) is 9.59 Å². The lowest BCUT2D eigenvalue weighted by atomic mass is 10.3. The van der Waals surface area contributed by atoms with Gasteiger partial charge in [-0.05, 0) is 6.42 Å². The SMILES string of the molecule is CCCCOC(=O)N1CCN(CC(=O)OC)CC1. The highest BCUT2D eigenvalue weighted by atomic mass is 16.6.